The minimum Gasteiger partial charge on any atom is -0.496 e. The minimum atomic E-state index is 0.477. The first-order valence-electron chi connectivity index (χ1n) is 7.20. The molecule has 1 aliphatic rings. The largest absolute Gasteiger partial charge is 0.496 e. The van der Waals surface area contributed by atoms with E-state index in [1.807, 2.05) is 18.4 Å². The summed E-state index contributed by atoms with van der Waals surface area (Å²) in [5.41, 5.74) is 6.94. The summed E-state index contributed by atoms with van der Waals surface area (Å²) in [4.78, 5) is 2.37. The van der Waals surface area contributed by atoms with E-state index in [0.717, 1.165) is 53.8 Å². The number of nitrogens with two attached hydrogens (primary N) is 1. The Morgan fingerprint density at radius 3 is 2.75 bits per heavy atom. The summed E-state index contributed by atoms with van der Waals surface area (Å²) in [6.07, 6.45) is 4.11. The topological polar surface area (TPSA) is 51.6 Å². The van der Waals surface area contributed by atoms with Crippen LogP contribution < -0.4 is 10.5 Å². The standard InChI is InChI=1S/C16H22N2O2/c1-18-7-5-11(6-8-18)16-15-13(10-20-16)12(9-17)3-4-14(15)19-2/h3-4,10-11H,5-9,17H2,1-2H3. The van der Waals surface area contributed by atoms with Crippen molar-refractivity contribution in [3.63, 3.8) is 0 Å². The monoisotopic (exact) mass is 274 g/mol. The van der Waals surface area contributed by atoms with E-state index in [2.05, 4.69) is 11.9 Å². The quantitative estimate of drug-likeness (QED) is 0.935. The molecule has 108 valence electrons. The molecule has 4 nitrogen and oxygen atoms in total. The van der Waals surface area contributed by atoms with Crippen molar-refractivity contribution >= 4 is 10.8 Å². The first-order valence-corrected chi connectivity index (χ1v) is 7.20. The molecule has 2 heterocycles. The number of benzene rings is 1. The number of rotatable bonds is 3. The molecule has 0 unspecified atom stereocenters. The summed E-state index contributed by atoms with van der Waals surface area (Å²) in [6, 6.07) is 4.02. The number of furan rings is 1. The molecule has 2 N–H and O–H groups in total. The third-order valence-electron chi connectivity index (χ3n) is 4.38. The van der Waals surface area contributed by atoms with Crippen LogP contribution in [0.15, 0.2) is 22.8 Å². The van der Waals surface area contributed by atoms with Crippen LogP contribution in [-0.2, 0) is 6.54 Å². The number of hydrogen-bond donors (Lipinski definition) is 1. The Labute approximate surface area is 119 Å². The van der Waals surface area contributed by atoms with Crippen molar-refractivity contribution in [1.29, 1.82) is 0 Å². The molecule has 0 amide bonds. The highest BCUT2D eigenvalue weighted by atomic mass is 16.5. The Hall–Kier alpha value is -1.52. The maximum absolute atomic E-state index is 5.92. The number of piperidine rings is 1. The van der Waals surface area contributed by atoms with Gasteiger partial charge in [-0.25, -0.2) is 0 Å². The average Bonchev–Trinajstić information content (AvgIpc) is 2.92. The fourth-order valence-electron chi connectivity index (χ4n) is 3.13. The van der Waals surface area contributed by atoms with Gasteiger partial charge in [-0.05, 0) is 44.6 Å². The van der Waals surface area contributed by atoms with E-state index in [-0.39, 0.29) is 0 Å². The molecule has 1 fully saturated rings. The Bertz CT molecular complexity index is 598. The highest BCUT2D eigenvalue weighted by molar-refractivity contribution is 5.93. The van der Waals surface area contributed by atoms with Crippen molar-refractivity contribution in [3.8, 4) is 5.75 Å². The van der Waals surface area contributed by atoms with Gasteiger partial charge in [-0.15, -0.1) is 0 Å². The van der Waals surface area contributed by atoms with Crippen LogP contribution >= 0.6 is 0 Å². The van der Waals surface area contributed by atoms with E-state index in [9.17, 15) is 0 Å². The fraction of sp³-hybridized carbons (Fsp3) is 0.500. The highest BCUT2D eigenvalue weighted by Crippen LogP contribution is 2.39. The van der Waals surface area contributed by atoms with Gasteiger partial charge >= 0.3 is 0 Å². The third kappa shape index (κ3) is 2.19. The Balaban J connectivity index is 2.07. The predicted octanol–water partition coefficient (Wildman–Crippen LogP) is 2.71. The van der Waals surface area contributed by atoms with Gasteiger partial charge in [-0.2, -0.15) is 0 Å². The van der Waals surface area contributed by atoms with Crippen molar-refractivity contribution in [2.45, 2.75) is 25.3 Å². The second-order valence-electron chi connectivity index (χ2n) is 5.60. The molecule has 0 spiro atoms. The summed E-state index contributed by atoms with van der Waals surface area (Å²) in [6.45, 7) is 2.75. The highest BCUT2D eigenvalue weighted by Gasteiger charge is 2.25. The SMILES string of the molecule is COc1ccc(CN)c2coc(C3CCN(C)CC3)c12. The lowest BCUT2D eigenvalue weighted by Gasteiger charge is -2.28. The maximum atomic E-state index is 5.92. The summed E-state index contributed by atoms with van der Waals surface area (Å²) in [5, 5.41) is 2.21. The molecule has 0 atom stereocenters. The lowest BCUT2D eigenvalue weighted by Crippen LogP contribution is -2.29. The second kappa shape index (κ2) is 5.46. The molecule has 3 rings (SSSR count). The molecular formula is C16H22N2O2. The van der Waals surface area contributed by atoms with Gasteiger partial charge in [0.25, 0.3) is 0 Å². The van der Waals surface area contributed by atoms with E-state index < -0.39 is 0 Å². The fourth-order valence-corrected chi connectivity index (χ4v) is 3.13. The van der Waals surface area contributed by atoms with Gasteiger partial charge in [0, 0.05) is 17.8 Å². The number of hydrogen-bond acceptors (Lipinski definition) is 4. The van der Waals surface area contributed by atoms with Gasteiger partial charge in [0.05, 0.1) is 18.8 Å². The van der Waals surface area contributed by atoms with E-state index in [0.29, 0.717) is 12.5 Å². The van der Waals surface area contributed by atoms with Crippen LogP contribution in [-0.4, -0.2) is 32.1 Å². The van der Waals surface area contributed by atoms with Crippen LogP contribution in [0.3, 0.4) is 0 Å². The average molecular weight is 274 g/mol. The van der Waals surface area contributed by atoms with Crippen molar-refractivity contribution in [2.24, 2.45) is 5.73 Å². The van der Waals surface area contributed by atoms with Gasteiger partial charge < -0.3 is 19.8 Å². The van der Waals surface area contributed by atoms with E-state index >= 15 is 0 Å². The van der Waals surface area contributed by atoms with E-state index in [1.54, 1.807) is 7.11 Å². The van der Waals surface area contributed by atoms with Crippen LogP contribution in [0, 0.1) is 0 Å². The molecule has 0 aliphatic carbocycles. The third-order valence-corrected chi connectivity index (χ3v) is 4.38. The maximum Gasteiger partial charge on any atom is 0.130 e. The number of ether oxygens (including phenoxy) is 1. The first kappa shape index (κ1) is 13.5. The molecular weight excluding hydrogens is 252 g/mol. The van der Waals surface area contributed by atoms with Gasteiger partial charge in [0.15, 0.2) is 0 Å². The number of methoxy groups -OCH3 is 1. The molecule has 1 aromatic carbocycles. The van der Waals surface area contributed by atoms with Crippen LogP contribution in [0.25, 0.3) is 10.8 Å². The summed E-state index contributed by atoms with van der Waals surface area (Å²) in [7, 11) is 3.88. The zero-order chi connectivity index (χ0) is 14.1. The lowest BCUT2D eigenvalue weighted by molar-refractivity contribution is 0.241. The van der Waals surface area contributed by atoms with Crippen LogP contribution in [0.5, 0.6) is 5.75 Å². The van der Waals surface area contributed by atoms with E-state index in [4.69, 9.17) is 14.9 Å². The smallest absolute Gasteiger partial charge is 0.130 e. The van der Waals surface area contributed by atoms with Crippen LogP contribution in [0.1, 0.15) is 30.1 Å². The molecule has 1 saturated heterocycles. The van der Waals surface area contributed by atoms with E-state index in [1.165, 1.54) is 0 Å². The Kier molecular flexibility index (Phi) is 3.68. The summed E-state index contributed by atoms with van der Waals surface area (Å²) in [5.74, 6) is 2.44. The first-order chi connectivity index (χ1) is 9.74. The van der Waals surface area contributed by atoms with Crippen molar-refractivity contribution in [3.05, 3.63) is 29.7 Å². The lowest BCUT2D eigenvalue weighted by atomic mass is 9.91. The molecule has 0 radical (unpaired) electrons. The van der Waals surface area contributed by atoms with Gasteiger partial charge in [0.1, 0.15) is 11.5 Å². The molecule has 0 bridgehead atoms. The molecule has 4 heteroatoms. The van der Waals surface area contributed by atoms with Crippen molar-refractivity contribution in [1.82, 2.24) is 4.90 Å². The van der Waals surface area contributed by atoms with Crippen LogP contribution in [0.2, 0.25) is 0 Å². The summed E-state index contributed by atoms with van der Waals surface area (Å²) >= 11 is 0. The molecule has 20 heavy (non-hydrogen) atoms. The molecule has 2 aromatic rings. The van der Waals surface area contributed by atoms with Crippen molar-refractivity contribution in [2.75, 3.05) is 27.2 Å². The Morgan fingerprint density at radius 1 is 1.35 bits per heavy atom. The minimum absolute atomic E-state index is 0.477. The van der Waals surface area contributed by atoms with Gasteiger partial charge in [0.2, 0.25) is 0 Å². The number of likely N-dealkylation sites (tertiary alicyclic amines) is 1. The zero-order valence-electron chi connectivity index (χ0n) is 12.2. The molecule has 1 aliphatic heterocycles. The summed E-state index contributed by atoms with van der Waals surface area (Å²) < 4.78 is 11.4. The zero-order valence-corrected chi connectivity index (χ0v) is 12.2. The van der Waals surface area contributed by atoms with Gasteiger partial charge in [-0.3, -0.25) is 0 Å². The number of fused-ring (bicyclic) bond motifs is 1. The molecule has 0 saturated carbocycles. The van der Waals surface area contributed by atoms with Crippen molar-refractivity contribution < 1.29 is 9.15 Å². The molecule has 1 aromatic heterocycles. The van der Waals surface area contributed by atoms with Gasteiger partial charge in [-0.1, -0.05) is 6.07 Å². The normalized spacial score (nSPS) is 17.8. The second-order valence-corrected chi connectivity index (χ2v) is 5.60. The number of nitrogens with zero attached hydrogens (tertiary/aromatic N) is 1. The van der Waals surface area contributed by atoms with Crippen LogP contribution in [0.4, 0.5) is 0 Å². The Morgan fingerprint density at radius 2 is 2.10 bits per heavy atom. The predicted molar refractivity (Wildman–Crippen MR) is 80.1 cm³/mol.